The van der Waals surface area contributed by atoms with E-state index in [4.69, 9.17) is 0 Å². The topological polar surface area (TPSA) is 107 Å². The van der Waals surface area contributed by atoms with Crippen molar-refractivity contribution >= 4 is 23.8 Å². The minimum absolute atomic E-state index is 0.0349. The maximum Gasteiger partial charge on any atom is 0.327 e. The molecule has 2 rings (SSSR count). The highest BCUT2D eigenvalue weighted by atomic mass is 16.4. The average Bonchev–Trinajstić information content (AvgIpc) is 2.99. The first-order chi connectivity index (χ1) is 9.85. The van der Waals surface area contributed by atoms with Crippen LogP contribution in [0, 0.1) is 5.41 Å². The minimum atomic E-state index is -0.911. The SMILES string of the molecule is CN1CC(=O)N(CC(=O)NCC2(C(=O)O)CCCC2)C1=O. The Balaban J connectivity index is 1.89. The van der Waals surface area contributed by atoms with Crippen LogP contribution in [0.1, 0.15) is 25.7 Å². The van der Waals surface area contributed by atoms with E-state index in [9.17, 15) is 24.3 Å². The number of nitrogens with zero attached hydrogens (tertiary/aromatic N) is 2. The fourth-order valence-electron chi connectivity index (χ4n) is 2.81. The van der Waals surface area contributed by atoms with Crippen molar-refractivity contribution < 1.29 is 24.3 Å². The number of imide groups is 1. The van der Waals surface area contributed by atoms with Crippen LogP contribution in [0.5, 0.6) is 0 Å². The molecule has 2 aliphatic rings. The summed E-state index contributed by atoms with van der Waals surface area (Å²) in [4.78, 5) is 48.5. The lowest BCUT2D eigenvalue weighted by Gasteiger charge is -2.24. The number of carbonyl (C=O) groups is 4. The standard InChI is InChI=1S/C13H19N3O5/c1-15-7-10(18)16(12(15)21)6-9(17)14-8-13(11(19)20)4-2-3-5-13/h2-8H2,1H3,(H,14,17)(H,19,20). The van der Waals surface area contributed by atoms with Crippen LogP contribution in [-0.4, -0.2) is 65.4 Å². The van der Waals surface area contributed by atoms with Gasteiger partial charge in [0.15, 0.2) is 0 Å². The first-order valence-corrected chi connectivity index (χ1v) is 6.91. The summed E-state index contributed by atoms with van der Waals surface area (Å²) >= 11 is 0. The summed E-state index contributed by atoms with van der Waals surface area (Å²) < 4.78 is 0. The van der Waals surface area contributed by atoms with Crippen molar-refractivity contribution in [3.05, 3.63) is 0 Å². The molecule has 116 valence electrons. The molecule has 1 heterocycles. The summed E-state index contributed by atoms with van der Waals surface area (Å²) in [6.45, 7) is -0.365. The molecule has 2 fully saturated rings. The molecule has 2 N–H and O–H groups in total. The van der Waals surface area contributed by atoms with Gasteiger partial charge in [0.2, 0.25) is 5.91 Å². The Kier molecular flexibility index (Phi) is 4.15. The molecule has 0 aromatic heterocycles. The molecule has 1 saturated heterocycles. The summed E-state index contributed by atoms with van der Waals surface area (Å²) in [6, 6.07) is -0.510. The Hall–Kier alpha value is -2.12. The van der Waals surface area contributed by atoms with Crippen molar-refractivity contribution in [2.45, 2.75) is 25.7 Å². The second-order valence-corrected chi connectivity index (χ2v) is 5.69. The highest BCUT2D eigenvalue weighted by molar-refractivity contribution is 6.04. The smallest absolute Gasteiger partial charge is 0.327 e. The van der Waals surface area contributed by atoms with Gasteiger partial charge in [-0.3, -0.25) is 19.3 Å². The van der Waals surface area contributed by atoms with Crippen LogP contribution < -0.4 is 5.32 Å². The summed E-state index contributed by atoms with van der Waals surface area (Å²) in [5.41, 5.74) is -0.911. The zero-order valence-electron chi connectivity index (χ0n) is 11.9. The van der Waals surface area contributed by atoms with Gasteiger partial charge in [0, 0.05) is 13.6 Å². The van der Waals surface area contributed by atoms with Crippen molar-refractivity contribution in [3.8, 4) is 0 Å². The number of carboxylic acid groups (broad SMARTS) is 1. The maximum absolute atomic E-state index is 11.8. The van der Waals surface area contributed by atoms with Gasteiger partial charge < -0.3 is 15.3 Å². The zero-order chi connectivity index (χ0) is 15.6. The molecule has 1 aliphatic carbocycles. The summed E-state index contributed by atoms with van der Waals surface area (Å²) in [6.07, 6.45) is 2.73. The Bertz CT molecular complexity index is 484. The van der Waals surface area contributed by atoms with E-state index in [1.807, 2.05) is 0 Å². The van der Waals surface area contributed by atoms with E-state index in [1.165, 1.54) is 11.9 Å². The van der Waals surface area contributed by atoms with E-state index in [0.29, 0.717) is 12.8 Å². The van der Waals surface area contributed by atoms with Crippen molar-refractivity contribution in [2.75, 3.05) is 26.7 Å². The first kappa shape index (κ1) is 15.3. The molecule has 0 unspecified atom stereocenters. The third-order valence-corrected chi connectivity index (χ3v) is 4.17. The summed E-state index contributed by atoms with van der Waals surface area (Å²) in [5.74, 6) is -1.85. The van der Waals surface area contributed by atoms with E-state index in [0.717, 1.165) is 17.7 Å². The number of amides is 4. The molecule has 1 aliphatic heterocycles. The summed E-state index contributed by atoms with van der Waals surface area (Å²) in [7, 11) is 1.48. The van der Waals surface area contributed by atoms with Gasteiger partial charge in [-0.2, -0.15) is 0 Å². The zero-order valence-corrected chi connectivity index (χ0v) is 11.9. The van der Waals surface area contributed by atoms with Crippen LogP contribution >= 0.6 is 0 Å². The molecular weight excluding hydrogens is 278 g/mol. The second-order valence-electron chi connectivity index (χ2n) is 5.69. The predicted octanol–water partition coefficient (Wildman–Crippen LogP) is -0.358. The van der Waals surface area contributed by atoms with Gasteiger partial charge in [0.1, 0.15) is 13.1 Å². The Morgan fingerprint density at radius 3 is 2.38 bits per heavy atom. The van der Waals surface area contributed by atoms with E-state index in [-0.39, 0.29) is 19.6 Å². The van der Waals surface area contributed by atoms with Gasteiger partial charge in [0.05, 0.1) is 5.41 Å². The van der Waals surface area contributed by atoms with Crippen molar-refractivity contribution in [1.82, 2.24) is 15.1 Å². The normalized spacial score (nSPS) is 21.0. The molecule has 1 saturated carbocycles. The highest BCUT2D eigenvalue weighted by Crippen LogP contribution is 2.37. The van der Waals surface area contributed by atoms with Crippen LogP contribution in [0.4, 0.5) is 4.79 Å². The Morgan fingerprint density at radius 2 is 1.90 bits per heavy atom. The fourth-order valence-corrected chi connectivity index (χ4v) is 2.81. The van der Waals surface area contributed by atoms with Crippen LogP contribution in [-0.2, 0) is 14.4 Å². The van der Waals surface area contributed by atoms with Gasteiger partial charge in [-0.05, 0) is 12.8 Å². The molecule has 0 atom stereocenters. The number of aliphatic carboxylic acids is 1. The Morgan fingerprint density at radius 1 is 1.29 bits per heavy atom. The molecule has 8 nitrogen and oxygen atoms in total. The number of hydrogen-bond donors (Lipinski definition) is 2. The average molecular weight is 297 g/mol. The molecule has 0 bridgehead atoms. The van der Waals surface area contributed by atoms with Gasteiger partial charge in [0.25, 0.3) is 5.91 Å². The van der Waals surface area contributed by atoms with Crippen LogP contribution in [0.15, 0.2) is 0 Å². The third-order valence-electron chi connectivity index (χ3n) is 4.17. The van der Waals surface area contributed by atoms with Crippen molar-refractivity contribution in [1.29, 1.82) is 0 Å². The molecular formula is C13H19N3O5. The number of carbonyl (C=O) groups excluding carboxylic acids is 3. The van der Waals surface area contributed by atoms with Crippen molar-refractivity contribution in [3.63, 3.8) is 0 Å². The maximum atomic E-state index is 11.8. The number of urea groups is 1. The van der Waals surface area contributed by atoms with Crippen LogP contribution in [0.2, 0.25) is 0 Å². The van der Waals surface area contributed by atoms with Gasteiger partial charge in [-0.15, -0.1) is 0 Å². The van der Waals surface area contributed by atoms with Crippen molar-refractivity contribution in [2.24, 2.45) is 5.41 Å². The number of nitrogens with one attached hydrogen (secondary N) is 1. The lowest BCUT2D eigenvalue weighted by Crippen LogP contribution is -2.46. The van der Waals surface area contributed by atoms with E-state index in [2.05, 4.69) is 5.32 Å². The Labute approximate surface area is 122 Å². The number of rotatable bonds is 5. The highest BCUT2D eigenvalue weighted by Gasteiger charge is 2.42. The van der Waals surface area contributed by atoms with Gasteiger partial charge in [-0.25, -0.2) is 4.79 Å². The third kappa shape index (κ3) is 2.98. The van der Waals surface area contributed by atoms with E-state index < -0.39 is 29.2 Å². The number of likely N-dealkylation sites (N-methyl/N-ethyl adjacent to an activating group) is 1. The summed E-state index contributed by atoms with van der Waals surface area (Å²) in [5, 5.41) is 11.8. The predicted molar refractivity (Wildman–Crippen MR) is 71.3 cm³/mol. The quantitative estimate of drug-likeness (QED) is 0.674. The second kappa shape index (κ2) is 5.71. The molecule has 0 spiro atoms. The number of carboxylic acids is 1. The molecule has 0 aromatic rings. The first-order valence-electron chi connectivity index (χ1n) is 6.91. The lowest BCUT2D eigenvalue weighted by atomic mass is 9.86. The van der Waals surface area contributed by atoms with Gasteiger partial charge >= 0.3 is 12.0 Å². The molecule has 21 heavy (non-hydrogen) atoms. The monoisotopic (exact) mass is 297 g/mol. The van der Waals surface area contributed by atoms with Crippen LogP contribution in [0.3, 0.4) is 0 Å². The lowest BCUT2D eigenvalue weighted by molar-refractivity contribution is -0.148. The number of hydrogen-bond acceptors (Lipinski definition) is 4. The van der Waals surface area contributed by atoms with Crippen LogP contribution in [0.25, 0.3) is 0 Å². The minimum Gasteiger partial charge on any atom is -0.481 e. The van der Waals surface area contributed by atoms with E-state index in [1.54, 1.807) is 0 Å². The van der Waals surface area contributed by atoms with Gasteiger partial charge in [-0.1, -0.05) is 12.8 Å². The largest absolute Gasteiger partial charge is 0.481 e. The molecule has 0 radical (unpaired) electrons. The van der Waals surface area contributed by atoms with E-state index >= 15 is 0 Å². The molecule has 0 aromatic carbocycles. The molecule has 4 amide bonds. The molecule has 8 heteroatoms. The fraction of sp³-hybridized carbons (Fsp3) is 0.692.